The highest BCUT2D eigenvalue weighted by atomic mass is 29.5. The van der Waals surface area contributed by atoms with Crippen molar-refractivity contribution < 1.29 is 9.47 Å². The second kappa shape index (κ2) is 8.21. The van der Waals surface area contributed by atoms with E-state index in [0.29, 0.717) is 0 Å². The van der Waals surface area contributed by atoms with Crippen LogP contribution in [0.15, 0.2) is 48.5 Å². The first-order chi connectivity index (χ1) is 10.2. The molecule has 0 spiro atoms. The molecule has 0 amide bonds. The van der Waals surface area contributed by atoms with Gasteiger partial charge in [-0.1, -0.05) is 34.6 Å². The Morgan fingerprint density at radius 3 is 1.81 bits per heavy atom. The maximum Gasteiger partial charge on any atom is 0.119 e. The lowest BCUT2D eigenvalue weighted by Gasteiger charge is -2.12. The molecule has 2 aromatic rings. The average Bonchev–Trinajstić information content (AvgIpc) is 2.50. The Hall–Kier alpha value is -1.31. The van der Waals surface area contributed by atoms with Gasteiger partial charge in [0.1, 0.15) is 11.5 Å². The van der Waals surface area contributed by atoms with Gasteiger partial charge in [-0.15, -0.1) is 0 Å². The second-order valence-electron chi connectivity index (χ2n) is 5.18. The van der Waals surface area contributed by atoms with Crippen molar-refractivity contribution >= 4 is 37.0 Å². The minimum absolute atomic E-state index is 0.135. The van der Waals surface area contributed by atoms with Gasteiger partial charge in [0.25, 0.3) is 0 Å². The third-order valence-electron chi connectivity index (χ3n) is 3.54. The van der Waals surface area contributed by atoms with E-state index in [9.17, 15) is 0 Å². The van der Waals surface area contributed by atoms with Gasteiger partial charge >= 0.3 is 0 Å². The van der Waals surface area contributed by atoms with Gasteiger partial charge in [0.05, 0.1) is 13.2 Å². The van der Waals surface area contributed by atoms with Crippen LogP contribution < -0.4 is 19.8 Å². The van der Waals surface area contributed by atoms with E-state index in [1.165, 1.54) is 9.76 Å². The molecule has 0 saturated carbocycles. The summed E-state index contributed by atoms with van der Waals surface area (Å²) in [5.41, 5.74) is 0. The lowest BCUT2D eigenvalue weighted by Crippen LogP contribution is -2.43. The van der Waals surface area contributed by atoms with Crippen molar-refractivity contribution in [2.24, 2.45) is 0 Å². The van der Waals surface area contributed by atoms with Crippen LogP contribution in [0.5, 0.6) is 11.5 Å². The third kappa shape index (κ3) is 4.87. The fourth-order valence-corrected chi connectivity index (χ4v) is 14.6. The SMILES string of the molecule is CCOc1ccc([SiH2][SiH]([SiH3])c2ccc(OCC)cc2)cc1. The van der Waals surface area contributed by atoms with Crippen LogP contribution in [0.2, 0.25) is 0 Å². The Labute approximate surface area is 133 Å². The van der Waals surface area contributed by atoms with Crippen molar-refractivity contribution in [1.29, 1.82) is 0 Å². The van der Waals surface area contributed by atoms with Gasteiger partial charge in [-0.25, -0.2) is 0 Å². The van der Waals surface area contributed by atoms with Crippen molar-refractivity contribution in [3.05, 3.63) is 48.5 Å². The molecule has 2 nitrogen and oxygen atoms in total. The van der Waals surface area contributed by atoms with E-state index < -0.39 is 7.83 Å². The smallest absolute Gasteiger partial charge is 0.119 e. The molecule has 0 aliphatic carbocycles. The minimum atomic E-state index is -0.678. The molecule has 0 aromatic heterocycles. The number of rotatable bonds is 7. The van der Waals surface area contributed by atoms with Crippen LogP contribution in [0, 0.1) is 0 Å². The molecule has 0 aliphatic heterocycles. The molecule has 2 aromatic carbocycles. The molecule has 21 heavy (non-hydrogen) atoms. The largest absolute Gasteiger partial charge is 0.494 e. The van der Waals surface area contributed by atoms with Crippen LogP contribution in [0.25, 0.3) is 0 Å². The van der Waals surface area contributed by atoms with Gasteiger partial charge in [0.15, 0.2) is 0 Å². The van der Waals surface area contributed by atoms with E-state index in [1.54, 1.807) is 10.4 Å². The molecule has 0 N–H and O–H groups in total. The fourth-order valence-electron chi connectivity index (χ4n) is 2.42. The number of hydrogen-bond acceptors (Lipinski definition) is 2. The zero-order chi connectivity index (χ0) is 15.1. The highest BCUT2D eigenvalue weighted by Gasteiger charge is 2.09. The van der Waals surface area contributed by atoms with Crippen LogP contribution in [0.1, 0.15) is 13.8 Å². The molecule has 0 bridgehead atoms. The van der Waals surface area contributed by atoms with Crippen LogP contribution >= 0.6 is 0 Å². The second-order valence-corrected chi connectivity index (χ2v) is 22.9. The maximum absolute atomic E-state index is 5.52. The Morgan fingerprint density at radius 2 is 1.33 bits per heavy atom. The van der Waals surface area contributed by atoms with Gasteiger partial charge in [-0.05, 0) is 47.9 Å². The summed E-state index contributed by atoms with van der Waals surface area (Å²) in [4.78, 5) is 0. The summed E-state index contributed by atoms with van der Waals surface area (Å²) in [6.45, 7) is 5.52. The zero-order valence-corrected chi connectivity index (χ0v) is 17.7. The molecule has 0 saturated heterocycles. The van der Waals surface area contributed by atoms with Crippen molar-refractivity contribution in [3.8, 4) is 11.5 Å². The summed E-state index contributed by atoms with van der Waals surface area (Å²) < 4.78 is 11.0. The van der Waals surface area contributed by atoms with Gasteiger partial charge in [-0.3, -0.25) is 0 Å². The predicted octanol–water partition coefficient (Wildman–Crippen LogP) is -0.229. The standard InChI is InChI=1S/C16H24O2Si3/c1-3-17-13-5-9-15(10-6-13)20-21(19)16-11-7-14(8-12-16)18-4-2/h5-12,21H,3-4,20H2,1-2,19H3. The Bertz CT molecular complexity index is 540. The molecule has 112 valence electrons. The van der Waals surface area contributed by atoms with Crippen molar-refractivity contribution in [3.63, 3.8) is 0 Å². The van der Waals surface area contributed by atoms with Crippen LogP contribution in [0.3, 0.4) is 0 Å². The molecule has 0 heterocycles. The van der Waals surface area contributed by atoms with Crippen molar-refractivity contribution in [2.75, 3.05) is 13.2 Å². The van der Waals surface area contributed by atoms with E-state index >= 15 is 0 Å². The summed E-state index contributed by atoms with van der Waals surface area (Å²) in [7, 11) is 0.527. The van der Waals surface area contributed by atoms with E-state index in [4.69, 9.17) is 9.47 Å². The monoisotopic (exact) mass is 332 g/mol. The summed E-state index contributed by atoms with van der Waals surface area (Å²) >= 11 is 0. The van der Waals surface area contributed by atoms with Crippen LogP contribution in [-0.2, 0) is 0 Å². The Kier molecular flexibility index (Phi) is 6.28. The molecule has 0 radical (unpaired) electrons. The molecule has 0 aliphatic rings. The first-order valence-corrected chi connectivity index (χ1v) is 16.8. The van der Waals surface area contributed by atoms with E-state index in [-0.39, 0.29) is 9.04 Å². The zero-order valence-electron chi connectivity index (χ0n) is 13.1. The number of ether oxygens (including phenoxy) is 2. The molecule has 1 unspecified atom stereocenters. The summed E-state index contributed by atoms with van der Waals surface area (Å²) in [5.74, 6) is 1.98. The van der Waals surface area contributed by atoms with Gasteiger partial charge in [-0.2, -0.15) is 0 Å². The molecule has 0 fully saturated rings. The Morgan fingerprint density at radius 1 is 0.857 bits per heavy atom. The Balaban J connectivity index is 1.98. The maximum atomic E-state index is 5.52. The summed E-state index contributed by atoms with van der Waals surface area (Å²) in [6.07, 6.45) is 0. The van der Waals surface area contributed by atoms with E-state index in [0.717, 1.165) is 24.7 Å². The quantitative estimate of drug-likeness (QED) is 0.652. The van der Waals surface area contributed by atoms with Gasteiger partial charge in [0.2, 0.25) is 0 Å². The first kappa shape index (κ1) is 16.1. The molecule has 1 atom stereocenters. The van der Waals surface area contributed by atoms with E-state index in [2.05, 4.69) is 48.5 Å². The lowest BCUT2D eigenvalue weighted by atomic mass is 10.3. The minimum Gasteiger partial charge on any atom is -0.494 e. The van der Waals surface area contributed by atoms with Crippen LogP contribution in [0.4, 0.5) is 0 Å². The van der Waals surface area contributed by atoms with Crippen molar-refractivity contribution in [2.45, 2.75) is 13.8 Å². The first-order valence-electron chi connectivity index (χ1n) is 7.67. The van der Waals surface area contributed by atoms with Gasteiger partial charge in [0, 0.05) is 16.9 Å². The number of benzene rings is 2. The predicted molar refractivity (Wildman–Crippen MR) is 100 cm³/mol. The normalized spacial score (nSPS) is 12.7. The van der Waals surface area contributed by atoms with Crippen molar-refractivity contribution in [1.82, 2.24) is 0 Å². The number of hydrogen-bond donors (Lipinski definition) is 0. The molecule has 5 heteroatoms. The highest BCUT2D eigenvalue weighted by molar-refractivity contribution is 7.43. The van der Waals surface area contributed by atoms with Gasteiger partial charge < -0.3 is 9.47 Å². The molecular formula is C16H24O2Si3. The summed E-state index contributed by atoms with van der Waals surface area (Å²) in [5, 5.41) is 3.17. The summed E-state index contributed by atoms with van der Waals surface area (Å²) in [6, 6.07) is 17.6. The van der Waals surface area contributed by atoms with E-state index in [1.807, 2.05) is 13.8 Å². The van der Waals surface area contributed by atoms with Crippen LogP contribution in [-0.4, -0.2) is 39.8 Å². The average molecular weight is 333 g/mol. The fraction of sp³-hybridized carbons (Fsp3) is 0.250. The third-order valence-corrected chi connectivity index (χ3v) is 17.0. The molecular weight excluding hydrogens is 308 g/mol. The lowest BCUT2D eigenvalue weighted by molar-refractivity contribution is 0.340. The topological polar surface area (TPSA) is 18.5 Å². The highest BCUT2D eigenvalue weighted by Crippen LogP contribution is 2.08. The molecule has 2 rings (SSSR count).